The van der Waals surface area contributed by atoms with Gasteiger partial charge >= 0.3 is 0 Å². The van der Waals surface area contributed by atoms with Crippen LogP contribution in [0.2, 0.25) is 0 Å². The number of carbonyl (C=O) groups excluding carboxylic acids is 1. The molecule has 1 aromatic heterocycles. The fourth-order valence-corrected chi connectivity index (χ4v) is 1.58. The van der Waals surface area contributed by atoms with Gasteiger partial charge in [0.1, 0.15) is 11.4 Å². The Morgan fingerprint density at radius 3 is 2.62 bits per heavy atom. The normalized spacial score (nSPS) is 10.8. The smallest absolute Gasteiger partial charge is 0.259 e. The number of rotatable bonds is 4. The van der Waals surface area contributed by atoms with Crippen molar-refractivity contribution in [2.75, 3.05) is 18.8 Å². The Kier molecular flexibility index (Phi) is 3.93. The molecule has 0 aliphatic rings. The highest BCUT2D eigenvalue weighted by atomic mass is 16.2. The molecule has 5 heteroatoms. The lowest BCUT2D eigenvalue weighted by Crippen LogP contribution is -2.34. The number of nitrogens with two attached hydrogens (primary N) is 1. The lowest BCUT2D eigenvalue weighted by atomic mass is 10.2. The van der Waals surface area contributed by atoms with Crippen molar-refractivity contribution in [3.63, 3.8) is 0 Å². The minimum atomic E-state index is -0.0400. The molecule has 0 bridgehead atoms. The van der Waals surface area contributed by atoms with E-state index in [0.29, 0.717) is 23.8 Å². The van der Waals surface area contributed by atoms with Crippen LogP contribution in [-0.2, 0) is 7.05 Å². The lowest BCUT2D eigenvalue weighted by Gasteiger charge is -2.22. The van der Waals surface area contributed by atoms with Crippen LogP contribution in [0, 0.1) is 5.92 Å². The summed E-state index contributed by atoms with van der Waals surface area (Å²) in [6.45, 7) is 7.56. The zero-order valence-electron chi connectivity index (χ0n) is 10.4. The van der Waals surface area contributed by atoms with E-state index >= 15 is 0 Å². The second kappa shape index (κ2) is 5.01. The van der Waals surface area contributed by atoms with Crippen molar-refractivity contribution in [3.8, 4) is 0 Å². The molecular formula is C11H20N4O. The number of nitrogens with zero attached hydrogens (tertiary/aromatic N) is 3. The predicted molar refractivity (Wildman–Crippen MR) is 64.0 cm³/mol. The second-order valence-corrected chi connectivity index (χ2v) is 4.30. The largest absolute Gasteiger partial charge is 0.383 e. The molecule has 1 amide bonds. The number of aromatic nitrogens is 2. The number of carbonyl (C=O) groups is 1. The Labute approximate surface area is 96.2 Å². The van der Waals surface area contributed by atoms with Crippen molar-refractivity contribution in [2.24, 2.45) is 13.0 Å². The Morgan fingerprint density at radius 1 is 1.62 bits per heavy atom. The number of aryl methyl sites for hydroxylation is 1. The Bertz CT molecular complexity index is 370. The molecule has 0 unspecified atom stereocenters. The highest BCUT2D eigenvalue weighted by molar-refractivity contribution is 5.98. The monoisotopic (exact) mass is 224 g/mol. The highest BCUT2D eigenvalue weighted by Crippen LogP contribution is 2.13. The van der Waals surface area contributed by atoms with E-state index in [2.05, 4.69) is 18.9 Å². The molecule has 0 atom stereocenters. The topological polar surface area (TPSA) is 64.2 Å². The Hall–Kier alpha value is -1.52. The number of amides is 1. The van der Waals surface area contributed by atoms with E-state index in [-0.39, 0.29) is 5.91 Å². The number of hydrogen-bond donors (Lipinski definition) is 1. The van der Waals surface area contributed by atoms with Gasteiger partial charge in [-0.2, -0.15) is 5.10 Å². The van der Waals surface area contributed by atoms with E-state index in [1.807, 2.05) is 6.92 Å². The molecule has 0 fully saturated rings. The summed E-state index contributed by atoms with van der Waals surface area (Å²) in [4.78, 5) is 13.9. The first kappa shape index (κ1) is 12.5. The van der Waals surface area contributed by atoms with Crippen LogP contribution >= 0.6 is 0 Å². The molecule has 0 saturated heterocycles. The van der Waals surface area contributed by atoms with Gasteiger partial charge < -0.3 is 10.6 Å². The minimum Gasteiger partial charge on any atom is -0.383 e. The molecule has 0 aliphatic carbocycles. The summed E-state index contributed by atoms with van der Waals surface area (Å²) in [5.74, 6) is 0.829. The molecule has 1 aromatic rings. The summed E-state index contributed by atoms with van der Waals surface area (Å²) in [6.07, 6.45) is 1.53. The summed E-state index contributed by atoms with van der Waals surface area (Å²) < 4.78 is 1.51. The molecule has 16 heavy (non-hydrogen) atoms. The molecule has 1 rings (SSSR count). The maximum Gasteiger partial charge on any atom is 0.259 e. The maximum atomic E-state index is 12.1. The number of anilines is 1. The number of nitrogen functional groups attached to an aromatic ring is 1. The molecule has 0 aliphatic heterocycles. The molecule has 90 valence electrons. The van der Waals surface area contributed by atoms with Gasteiger partial charge in [-0.25, -0.2) is 0 Å². The zero-order chi connectivity index (χ0) is 12.3. The van der Waals surface area contributed by atoms with Gasteiger partial charge in [0.2, 0.25) is 0 Å². The fourth-order valence-electron chi connectivity index (χ4n) is 1.58. The van der Waals surface area contributed by atoms with E-state index in [1.54, 1.807) is 11.9 Å². The van der Waals surface area contributed by atoms with Crippen molar-refractivity contribution < 1.29 is 4.79 Å². The van der Waals surface area contributed by atoms with Crippen molar-refractivity contribution in [3.05, 3.63) is 11.8 Å². The highest BCUT2D eigenvalue weighted by Gasteiger charge is 2.19. The van der Waals surface area contributed by atoms with Crippen LogP contribution in [0.15, 0.2) is 6.20 Å². The molecule has 2 N–H and O–H groups in total. The average molecular weight is 224 g/mol. The standard InChI is InChI=1S/C11H20N4O/c1-5-15(7-8(2)3)11(16)9-6-13-14(4)10(9)12/h6,8H,5,7,12H2,1-4H3. The van der Waals surface area contributed by atoms with Crippen LogP contribution < -0.4 is 5.73 Å². The van der Waals surface area contributed by atoms with E-state index < -0.39 is 0 Å². The van der Waals surface area contributed by atoms with Crippen LogP contribution in [0.4, 0.5) is 5.82 Å². The van der Waals surface area contributed by atoms with Crippen molar-refractivity contribution >= 4 is 11.7 Å². The van der Waals surface area contributed by atoms with Crippen LogP contribution in [0.25, 0.3) is 0 Å². The van der Waals surface area contributed by atoms with Gasteiger partial charge in [0, 0.05) is 20.1 Å². The summed E-state index contributed by atoms with van der Waals surface area (Å²) >= 11 is 0. The zero-order valence-corrected chi connectivity index (χ0v) is 10.4. The van der Waals surface area contributed by atoms with Gasteiger partial charge in [-0.05, 0) is 12.8 Å². The fraction of sp³-hybridized carbons (Fsp3) is 0.636. The van der Waals surface area contributed by atoms with Gasteiger partial charge in [0.25, 0.3) is 5.91 Å². The molecular weight excluding hydrogens is 204 g/mol. The van der Waals surface area contributed by atoms with E-state index in [9.17, 15) is 4.79 Å². The van der Waals surface area contributed by atoms with Gasteiger partial charge in [-0.1, -0.05) is 13.8 Å². The van der Waals surface area contributed by atoms with E-state index in [0.717, 1.165) is 6.54 Å². The molecule has 0 saturated carbocycles. The first-order valence-electron chi connectivity index (χ1n) is 5.54. The Morgan fingerprint density at radius 2 is 2.25 bits per heavy atom. The molecule has 0 spiro atoms. The van der Waals surface area contributed by atoms with Gasteiger partial charge in [0.05, 0.1) is 6.20 Å². The summed E-state index contributed by atoms with van der Waals surface area (Å²) in [5, 5.41) is 3.98. The van der Waals surface area contributed by atoms with Crippen molar-refractivity contribution in [1.29, 1.82) is 0 Å². The van der Waals surface area contributed by atoms with Gasteiger partial charge in [0.15, 0.2) is 0 Å². The molecule has 0 radical (unpaired) electrons. The van der Waals surface area contributed by atoms with Crippen molar-refractivity contribution in [2.45, 2.75) is 20.8 Å². The quantitative estimate of drug-likeness (QED) is 0.833. The lowest BCUT2D eigenvalue weighted by molar-refractivity contribution is 0.0747. The number of hydrogen-bond acceptors (Lipinski definition) is 3. The average Bonchev–Trinajstić information content (AvgIpc) is 2.55. The summed E-state index contributed by atoms with van der Waals surface area (Å²) in [7, 11) is 1.73. The summed E-state index contributed by atoms with van der Waals surface area (Å²) in [6, 6.07) is 0. The van der Waals surface area contributed by atoms with Gasteiger partial charge in [-0.15, -0.1) is 0 Å². The van der Waals surface area contributed by atoms with Crippen LogP contribution in [0.5, 0.6) is 0 Å². The van der Waals surface area contributed by atoms with Crippen molar-refractivity contribution in [1.82, 2.24) is 14.7 Å². The first-order chi connectivity index (χ1) is 7.47. The SMILES string of the molecule is CCN(CC(C)C)C(=O)c1cnn(C)c1N. The first-order valence-corrected chi connectivity index (χ1v) is 5.54. The third-order valence-corrected chi connectivity index (χ3v) is 2.47. The predicted octanol–water partition coefficient (Wildman–Crippen LogP) is 1.12. The maximum absolute atomic E-state index is 12.1. The van der Waals surface area contributed by atoms with E-state index in [4.69, 9.17) is 5.73 Å². The second-order valence-electron chi connectivity index (χ2n) is 4.30. The minimum absolute atomic E-state index is 0.0400. The van der Waals surface area contributed by atoms with Crippen LogP contribution in [0.1, 0.15) is 31.1 Å². The molecule has 5 nitrogen and oxygen atoms in total. The Balaban J connectivity index is 2.87. The van der Waals surface area contributed by atoms with Crippen LogP contribution in [-0.4, -0.2) is 33.7 Å². The third kappa shape index (κ3) is 2.53. The molecule has 1 heterocycles. The molecule has 0 aromatic carbocycles. The van der Waals surface area contributed by atoms with Gasteiger partial charge in [-0.3, -0.25) is 9.48 Å². The third-order valence-electron chi connectivity index (χ3n) is 2.47. The van der Waals surface area contributed by atoms with Crippen LogP contribution in [0.3, 0.4) is 0 Å². The summed E-state index contributed by atoms with van der Waals surface area (Å²) in [5.41, 5.74) is 6.27. The van der Waals surface area contributed by atoms with E-state index in [1.165, 1.54) is 10.9 Å².